The maximum Gasteiger partial charge on any atom is 0.229 e. The third-order valence-corrected chi connectivity index (χ3v) is 5.01. The Kier molecular flexibility index (Phi) is 8.38. The molecule has 2 aromatic rings. The zero-order valence-electron chi connectivity index (χ0n) is 16.8. The smallest absolute Gasteiger partial charge is 0.229 e. The predicted octanol–water partition coefficient (Wildman–Crippen LogP) is -1.03. The van der Waals surface area contributed by atoms with Gasteiger partial charge in [0.15, 0.2) is 5.78 Å². The van der Waals surface area contributed by atoms with Gasteiger partial charge in [-0.3, -0.25) is 4.79 Å². The fourth-order valence-corrected chi connectivity index (χ4v) is 3.30. The van der Waals surface area contributed by atoms with Crippen molar-refractivity contribution in [1.82, 2.24) is 0 Å². The van der Waals surface area contributed by atoms with Crippen LogP contribution in [0.2, 0.25) is 0 Å². The van der Waals surface area contributed by atoms with E-state index in [1.165, 1.54) is 12.1 Å². The van der Waals surface area contributed by atoms with Gasteiger partial charge in [0.05, 0.1) is 6.61 Å². The second-order valence-electron chi connectivity index (χ2n) is 7.24. The van der Waals surface area contributed by atoms with Gasteiger partial charge in [-0.25, -0.2) is 0 Å². The largest absolute Gasteiger partial charge is 0.508 e. The molecular weight excluding hydrogens is 428 g/mol. The number of phenolic OH excluding ortho intramolecular Hbond substituents is 3. The minimum absolute atomic E-state index is 0. The number of ketones is 1. The molecule has 1 aliphatic rings. The van der Waals surface area contributed by atoms with E-state index in [0.717, 1.165) is 17.7 Å². The van der Waals surface area contributed by atoms with Crippen LogP contribution in [0.1, 0.15) is 22.3 Å². The lowest BCUT2D eigenvalue weighted by Gasteiger charge is -2.39. The molecule has 0 amide bonds. The molecular formula is C21H26O11. The van der Waals surface area contributed by atoms with E-state index in [1.54, 1.807) is 12.1 Å². The van der Waals surface area contributed by atoms with E-state index < -0.39 is 54.6 Å². The Morgan fingerprint density at radius 2 is 1.59 bits per heavy atom. The number of Topliss-reactive ketones (excluding diaryl/α,β-unsaturated/α-hetero) is 1. The summed E-state index contributed by atoms with van der Waals surface area (Å²) < 4.78 is 10.7. The molecule has 9 N–H and O–H groups in total. The van der Waals surface area contributed by atoms with Gasteiger partial charge in [0, 0.05) is 18.6 Å². The van der Waals surface area contributed by atoms with Gasteiger partial charge in [-0.15, -0.1) is 0 Å². The highest BCUT2D eigenvalue weighted by Crippen LogP contribution is 2.36. The monoisotopic (exact) mass is 454 g/mol. The molecule has 0 aromatic heterocycles. The second-order valence-corrected chi connectivity index (χ2v) is 7.24. The minimum Gasteiger partial charge on any atom is -0.508 e. The number of hydrogen-bond acceptors (Lipinski definition) is 10. The average molecular weight is 454 g/mol. The highest BCUT2D eigenvalue weighted by atomic mass is 16.7. The molecule has 1 fully saturated rings. The van der Waals surface area contributed by atoms with Crippen LogP contribution in [0.5, 0.6) is 23.0 Å². The number of ether oxygens (including phenoxy) is 2. The third-order valence-electron chi connectivity index (χ3n) is 5.01. The number of hydrogen-bond donors (Lipinski definition) is 7. The molecule has 1 aliphatic heterocycles. The van der Waals surface area contributed by atoms with Crippen molar-refractivity contribution in [2.24, 2.45) is 0 Å². The van der Waals surface area contributed by atoms with Crippen molar-refractivity contribution in [3.05, 3.63) is 47.5 Å². The summed E-state index contributed by atoms with van der Waals surface area (Å²) in [4.78, 5) is 12.8. The predicted molar refractivity (Wildman–Crippen MR) is 109 cm³/mol. The number of carbonyl (C=O) groups is 1. The summed E-state index contributed by atoms with van der Waals surface area (Å²) in [6, 6.07) is 8.23. The van der Waals surface area contributed by atoms with Gasteiger partial charge in [-0.05, 0) is 24.1 Å². The molecule has 5 atom stereocenters. The first kappa shape index (κ1) is 25.3. The van der Waals surface area contributed by atoms with Crippen molar-refractivity contribution in [3.8, 4) is 23.0 Å². The number of aromatic hydroxyl groups is 3. The number of phenols is 3. The summed E-state index contributed by atoms with van der Waals surface area (Å²) in [5, 5.41) is 68.6. The van der Waals surface area contributed by atoms with Gasteiger partial charge < -0.3 is 50.7 Å². The lowest BCUT2D eigenvalue weighted by atomic mass is 9.99. The van der Waals surface area contributed by atoms with Crippen LogP contribution in [0.4, 0.5) is 0 Å². The molecule has 2 aromatic carbocycles. The molecule has 176 valence electrons. The first-order valence-corrected chi connectivity index (χ1v) is 9.55. The highest BCUT2D eigenvalue weighted by Gasteiger charge is 2.45. The van der Waals surface area contributed by atoms with Crippen LogP contribution in [0, 0.1) is 0 Å². The fraction of sp³-hybridized carbons (Fsp3) is 0.381. The molecule has 0 aliphatic carbocycles. The summed E-state index contributed by atoms with van der Waals surface area (Å²) in [6.45, 7) is -0.672. The number of carbonyl (C=O) groups excluding carboxylic acids is 1. The Bertz CT molecular complexity index is 913. The van der Waals surface area contributed by atoms with Crippen LogP contribution >= 0.6 is 0 Å². The van der Waals surface area contributed by atoms with Crippen LogP contribution in [-0.4, -0.2) is 84.3 Å². The fourth-order valence-electron chi connectivity index (χ4n) is 3.30. The molecule has 11 nitrogen and oxygen atoms in total. The number of rotatable bonds is 7. The van der Waals surface area contributed by atoms with Crippen LogP contribution in [-0.2, 0) is 11.2 Å². The van der Waals surface area contributed by atoms with Gasteiger partial charge in [0.25, 0.3) is 0 Å². The van der Waals surface area contributed by atoms with E-state index in [9.17, 15) is 40.5 Å². The van der Waals surface area contributed by atoms with Crippen LogP contribution in [0.25, 0.3) is 0 Å². The van der Waals surface area contributed by atoms with Crippen molar-refractivity contribution in [1.29, 1.82) is 0 Å². The first-order chi connectivity index (χ1) is 14.7. The summed E-state index contributed by atoms with van der Waals surface area (Å²) in [7, 11) is 0. The highest BCUT2D eigenvalue weighted by molar-refractivity contribution is 6.01. The van der Waals surface area contributed by atoms with Gasteiger partial charge >= 0.3 is 0 Å². The normalized spacial score (nSPS) is 25.1. The van der Waals surface area contributed by atoms with Crippen LogP contribution < -0.4 is 4.74 Å². The molecule has 11 heteroatoms. The van der Waals surface area contributed by atoms with Crippen LogP contribution in [0.15, 0.2) is 36.4 Å². The van der Waals surface area contributed by atoms with Gasteiger partial charge in [0.1, 0.15) is 53.0 Å². The molecule has 3 rings (SSSR count). The van der Waals surface area contributed by atoms with E-state index in [4.69, 9.17) is 9.47 Å². The summed E-state index contributed by atoms with van der Waals surface area (Å²) in [6.07, 6.45) is -7.61. The van der Waals surface area contributed by atoms with E-state index in [0.29, 0.717) is 6.42 Å². The van der Waals surface area contributed by atoms with Gasteiger partial charge in [-0.1, -0.05) is 12.1 Å². The Hall–Kier alpha value is -2.93. The Labute approximate surface area is 182 Å². The molecule has 32 heavy (non-hydrogen) atoms. The van der Waals surface area contributed by atoms with E-state index in [-0.39, 0.29) is 29.0 Å². The number of aryl methyl sites for hydroxylation is 1. The second kappa shape index (κ2) is 10.6. The number of aliphatic hydroxyl groups is 4. The molecule has 5 unspecified atom stereocenters. The Morgan fingerprint density at radius 1 is 0.938 bits per heavy atom. The topological polar surface area (TPSA) is 209 Å². The van der Waals surface area contributed by atoms with E-state index >= 15 is 0 Å². The number of aliphatic hydroxyl groups excluding tert-OH is 4. The third kappa shape index (κ3) is 5.46. The average Bonchev–Trinajstić information content (AvgIpc) is 2.73. The zero-order chi connectivity index (χ0) is 22.7. The molecule has 0 saturated carbocycles. The van der Waals surface area contributed by atoms with Crippen molar-refractivity contribution in [2.75, 3.05) is 6.61 Å². The lowest BCUT2D eigenvalue weighted by Crippen LogP contribution is -2.60. The maximum absolute atomic E-state index is 12.8. The van der Waals surface area contributed by atoms with E-state index in [1.807, 2.05) is 0 Å². The summed E-state index contributed by atoms with van der Waals surface area (Å²) >= 11 is 0. The SMILES string of the molecule is O.O=C(CCc1ccc(O)cc1)c1c(O)cc(O)cc1OC1OC(CO)C(O)C(O)C1O. The quantitative estimate of drug-likeness (QED) is 0.253. The van der Waals surface area contributed by atoms with Gasteiger partial charge in [-0.2, -0.15) is 0 Å². The van der Waals surface area contributed by atoms with Crippen molar-refractivity contribution in [3.63, 3.8) is 0 Å². The summed E-state index contributed by atoms with van der Waals surface area (Å²) in [5.41, 5.74) is 0.495. The maximum atomic E-state index is 12.8. The molecule has 0 radical (unpaired) electrons. The van der Waals surface area contributed by atoms with Crippen LogP contribution in [0.3, 0.4) is 0 Å². The standard InChI is InChI=1S/C21H24O10.H2O/c22-9-16-18(27)19(28)20(29)21(31-16)30-15-8-12(24)7-14(26)17(15)13(25)6-3-10-1-4-11(23)5-2-10;/h1-2,4-5,7-8,16,18-24,26-29H,3,6,9H2;1H2. The zero-order valence-corrected chi connectivity index (χ0v) is 16.8. The van der Waals surface area contributed by atoms with Crippen molar-refractivity contribution in [2.45, 2.75) is 43.5 Å². The molecule has 1 saturated heterocycles. The van der Waals surface area contributed by atoms with Gasteiger partial charge in [0.2, 0.25) is 6.29 Å². The molecule has 1 heterocycles. The molecule has 0 spiro atoms. The number of benzene rings is 2. The molecule has 0 bridgehead atoms. The van der Waals surface area contributed by atoms with E-state index in [2.05, 4.69) is 0 Å². The Morgan fingerprint density at radius 3 is 2.22 bits per heavy atom. The summed E-state index contributed by atoms with van der Waals surface area (Å²) in [5.74, 6) is -1.74. The van der Waals surface area contributed by atoms with Crippen molar-refractivity contribution < 1.29 is 55.5 Å². The lowest BCUT2D eigenvalue weighted by molar-refractivity contribution is -0.277. The van der Waals surface area contributed by atoms with Crippen molar-refractivity contribution >= 4 is 5.78 Å². The Balaban J connectivity index is 0.00000363. The first-order valence-electron chi connectivity index (χ1n) is 9.55. The minimum atomic E-state index is -1.73.